The van der Waals surface area contributed by atoms with Gasteiger partial charge in [-0.05, 0) is 61.4 Å². The number of anilines is 1. The highest BCUT2D eigenvalue weighted by atomic mass is 79.9. The van der Waals surface area contributed by atoms with Gasteiger partial charge in [0.05, 0.1) is 11.6 Å². The van der Waals surface area contributed by atoms with Crippen LogP contribution in [0.15, 0.2) is 77.3 Å². The highest BCUT2D eigenvalue weighted by Crippen LogP contribution is 2.26. The normalized spacial score (nSPS) is 11.7. The summed E-state index contributed by atoms with van der Waals surface area (Å²) in [6.45, 7) is 3.58. The van der Waals surface area contributed by atoms with Crippen molar-refractivity contribution in [1.82, 2.24) is 9.99 Å². The number of halogens is 2. The summed E-state index contributed by atoms with van der Waals surface area (Å²) in [5.74, 6) is -2.19. The van der Waals surface area contributed by atoms with Crippen LogP contribution in [0.25, 0.3) is 10.9 Å². The first kappa shape index (κ1) is 24.5. The molecule has 3 amide bonds. The molecule has 1 aromatic heterocycles. The van der Waals surface area contributed by atoms with Crippen LogP contribution in [0.2, 0.25) is 5.02 Å². The van der Waals surface area contributed by atoms with Crippen LogP contribution >= 0.6 is 27.5 Å². The summed E-state index contributed by atoms with van der Waals surface area (Å²) < 4.78 is 2.12. The van der Waals surface area contributed by atoms with Crippen LogP contribution in [-0.4, -0.2) is 22.4 Å². The molecular formula is C26H22BrClN4O3. The van der Waals surface area contributed by atoms with Gasteiger partial charge >= 0.3 is 11.8 Å². The zero-order valence-electron chi connectivity index (χ0n) is 18.9. The number of benzene rings is 3. The molecule has 0 fully saturated rings. The molecule has 0 aliphatic heterocycles. The van der Waals surface area contributed by atoms with Crippen LogP contribution < -0.4 is 16.1 Å². The average molecular weight is 554 g/mol. The maximum absolute atomic E-state index is 13.2. The molecule has 4 aromatic rings. The van der Waals surface area contributed by atoms with Crippen molar-refractivity contribution in [2.45, 2.75) is 19.9 Å². The molecule has 0 unspecified atom stereocenters. The summed E-state index contributed by atoms with van der Waals surface area (Å²) in [6.07, 6.45) is 0. The smallest absolute Gasteiger partial charge is 0.328 e. The molecule has 0 aliphatic rings. The summed E-state index contributed by atoms with van der Waals surface area (Å²) in [6, 6.07) is 21.1. The van der Waals surface area contributed by atoms with Crippen molar-refractivity contribution in [1.29, 1.82) is 0 Å². The fraction of sp³-hybridized carbons (Fsp3) is 0.115. The van der Waals surface area contributed by atoms with Crippen molar-refractivity contribution < 1.29 is 14.4 Å². The topological polar surface area (TPSA) is 92.2 Å². The molecule has 0 bridgehead atoms. The Labute approximate surface area is 215 Å². The first-order valence-electron chi connectivity index (χ1n) is 10.8. The molecule has 0 saturated heterocycles. The fourth-order valence-corrected chi connectivity index (χ4v) is 4.20. The Morgan fingerprint density at radius 2 is 1.69 bits per heavy atom. The first-order chi connectivity index (χ1) is 16.7. The number of aromatic nitrogens is 1. The summed E-state index contributed by atoms with van der Waals surface area (Å²) in [7, 11) is 0. The fourth-order valence-electron chi connectivity index (χ4n) is 3.64. The Morgan fingerprint density at radius 3 is 2.43 bits per heavy atom. The minimum atomic E-state index is -0.902. The van der Waals surface area contributed by atoms with Gasteiger partial charge in [0, 0.05) is 20.6 Å². The van der Waals surface area contributed by atoms with Crippen molar-refractivity contribution in [2.75, 3.05) is 10.7 Å². The molecule has 9 heteroatoms. The molecule has 3 aromatic carbocycles. The molecule has 35 heavy (non-hydrogen) atoms. The Morgan fingerprint density at radius 1 is 0.943 bits per heavy atom. The summed E-state index contributed by atoms with van der Waals surface area (Å²) >= 11 is 9.60. The predicted octanol–water partition coefficient (Wildman–Crippen LogP) is 5.57. The van der Waals surface area contributed by atoms with Gasteiger partial charge in [0.15, 0.2) is 0 Å². The first-order valence-corrected chi connectivity index (χ1v) is 12.0. The van der Waals surface area contributed by atoms with Crippen LogP contribution in [0.1, 0.15) is 34.6 Å². The van der Waals surface area contributed by atoms with E-state index in [4.69, 9.17) is 11.6 Å². The second kappa shape index (κ2) is 10.3. The number of hydrogen-bond donors (Lipinski definition) is 3. The van der Waals surface area contributed by atoms with E-state index in [0.717, 1.165) is 10.0 Å². The zero-order chi connectivity index (χ0) is 25.1. The summed E-state index contributed by atoms with van der Waals surface area (Å²) in [4.78, 5) is 38.7. The molecule has 7 nitrogen and oxygen atoms in total. The van der Waals surface area contributed by atoms with E-state index in [9.17, 15) is 14.4 Å². The van der Waals surface area contributed by atoms with E-state index in [1.807, 2.05) is 36.4 Å². The quantitative estimate of drug-likeness (QED) is 0.282. The Balaban J connectivity index is 1.61. The third-order valence-electron chi connectivity index (χ3n) is 5.58. The third-order valence-corrected chi connectivity index (χ3v) is 6.48. The summed E-state index contributed by atoms with van der Waals surface area (Å²) in [5, 5.41) is 6.73. The highest BCUT2D eigenvalue weighted by Gasteiger charge is 2.22. The van der Waals surface area contributed by atoms with Gasteiger partial charge in [-0.1, -0.05) is 63.9 Å². The van der Waals surface area contributed by atoms with Gasteiger partial charge in [-0.15, -0.1) is 0 Å². The molecule has 1 atom stereocenters. The second-order valence-corrected chi connectivity index (χ2v) is 9.30. The van der Waals surface area contributed by atoms with Gasteiger partial charge in [0.2, 0.25) is 0 Å². The molecule has 3 N–H and O–H groups in total. The van der Waals surface area contributed by atoms with E-state index in [1.54, 1.807) is 50.2 Å². The summed E-state index contributed by atoms with van der Waals surface area (Å²) in [5.41, 5.74) is 5.39. The lowest BCUT2D eigenvalue weighted by Gasteiger charge is -2.16. The van der Waals surface area contributed by atoms with E-state index >= 15 is 0 Å². The van der Waals surface area contributed by atoms with Crippen LogP contribution in [0.4, 0.5) is 5.69 Å². The van der Waals surface area contributed by atoms with Crippen molar-refractivity contribution >= 4 is 61.8 Å². The molecule has 0 aliphatic carbocycles. The standard InChI is InChI=1S/C26H22BrClN4O3/c1-15-20(28)9-6-10-21(15)30-24(33)23-14-18-13-19(27)11-12-22(18)32(23)31-26(35)25(34)29-16(2)17-7-4-3-5-8-17/h3-14,16H,1-2H3,(H,29,34)(H,30,33)(H,31,35)/t16-/m0/s1. The van der Waals surface area contributed by atoms with Crippen molar-refractivity contribution in [3.8, 4) is 0 Å². The molecular weight excluding hydrogens is 532 g/mol. The van der Waals surface area contributed by atoms with Gasteiger partial charge in [-0.3, -0.25) is 19.8 Å². The van der Waals surface area contributed by atoms with Crippen molar-refractivity contribution in [2.24, 2.45) is 0 Å². The maximum Gasteiger partial charge on any atom is 0.328 e. The lowest BCUT2D eigenvalue weighted by molar-refractivity contribution is -0.137. The van der Waals surface area contributed by atoms with E-state index in [1.165, 1.54) is 4.68 Å². The third kappa shape index (κ3) is 5.39. The Hall–Kier alpha value is -3.62. The Kier molecular flexibility index (Phi) is 7.23. The van der Waals surface area contributed by atoms with Crippen LogP contribution in [0, 0.1) is 6.92 Å². The number of rotatable bonds is 5. The number of amides is 3. The number of carbonyl (C=O) groups is 3. The lowest BCUT2D eigenvalue weighted by Crippen LogP contribution is -2.40. The maximum atomic E-state index is 13.2. The van der Waals surface area contributed by atoms with Crippen LogP contribution in [0.5, 0.6) is 0 Å². The highest BCUT2D eigenvalue weighted by molar-refractivity contribution is 9.10. The zero-order valence-corrected chi connectivity index (χ0v) is 21.3. The second-order valence-electron chi connectivity index (χ2n) is 7.98. The van der Waals surface area contributed by atoms with Gasteiger partial charge in [0.25, 0.3) is 5.91 Å². The van der Waals surface area contributed by atoms with Crippen LogP contribution in [-0.2, 0) is 9.59 Å². The number of hydrogen-bond acceptors (Lipinski definition) is 3. The Bertz CT molecular complexity index is 1440. The number of nitrogens with zero attached hydrogens (tertiary/aromatic N) is 1. The van der Waals surface area contributed by atoms with Crippen LogP contribution in [0.3, 0.4) is 0 Å². The van der Waals surface area contributed by atoms with E-state index in [2.05, 4.69) is 32.0 Å². The number of nitrogens with one attached hydrogen (secondary N) is 3. The largest absolute Gasteiger partial charge is 0.341 e. The van der Waals surface area contributed by atoms with E-state index < -0.39 is 17.7 Å². The predicted molar refractivity (Wildman–Crippen MR) is 141 cm³/mol. The molecule has 4 rings (SSSR count). The van der Waals surface area contributed by atoms with E-state index in [0.29, 0.717) is 27.2 Å². The monoisotopic (exact) mass is 552 g/mol. The van der Waals surface area contributed by atoms with Crippen molar-refractivity contribution in [3.63, 3.8) is 0 Å². The van der Waals surface area contributed by atoms with E-state index in [-0.39, 0.29) is 11.7 Å². The molecule has 1 heterocycles. The number of carbonyl (C=O) groups excluding carboxylic acids is 3. The molecule has 0 saturated carbocycles. The van der Waals surface area contributed by atoms with Gasteiger partial charge in [-0.25, -0.2) is 4.68 Å². The van der Waals surface area contributed by atoms with Gasteiger partial charge < -0.3 is 10.6 Å². The lowest BCUT2D eigenvalue weighted by atomic mass is 10.1. The van der Waals surface area contributed by atoms with Gasteiger partial charge in [0.1, 0.15) is 5.69 Å². The average Bonchev–Trinajstić information content (AvgIpc) is 3.19. The SMILES string of the molecule is Cc1c(Cl)cccc1NC(=O)c1cc2cc(Br)ccc2n1NC(=O)C(=O)N[C@@H](C)c1ccccc1. The molecule has 0 spiro atoms. The van der Waals surface area contributed by atoms with Crippen molar-refractivity contribution in [3.05, 3.63) is 99.1 Å². The number of fused-ring (bicyclic) bond motifs is 1. The molecule has 0 radical (unpaired) electrons. The van der Waals surface area contributed by atoms with Gasteiger partial charge in [-0.2, -0.15) is 0 Å². The molecule has 178 valence electrons. The minimum absolute atomic E-state index is 0.148. The minimum Gasteiger partial charge on any atom is -0.341 e.